The van der Waals surface area contributed by atoms with E-state index >= 15 is 0 Å². The lowest BCUT2D eigenvalue weighted by atomic mass is 10.2. The van der Waals surface area contributed by atoms with Gasteiger partial charge in [0.25, 0.3) is 0 Å². The average Bonchev–Trinajstić information content (AvgIpc) is 3.08. The van der Waals surface area contributed by atoms with Crippen molar-refractivity contribution in [1.29, 1.82) is 0 Å². The zero-order valence-corrected chi connectivity index (χ0v) is 12.5. The lowest BCUT2D eigenvalue weighted by Crippen LogP contribution is -2.36. The number of carbonyl (C=O) groups is 3. The van der Waals surface area contributed by atoms with E-state index < -0.39 is 17.8 Å². The van der Waals surface area contributed by atoms with Gasteiger partial charge >= 0.3 is 17.8 Å². The Kier molecular flexibility index (Phi) is 5.51. The summed E-state index contributed by atoms with van der Waals surface area (Å²) in [6.45, 7) is 0.293. The molecular weight excluding hydrogens is 300 g/mol. The maximum atomic E-state index is 11.7. The van der Waals surface area contributed by atoms with Gasteiger partial charge in [-0.1, -0.05) is 0 Å². The number of furan rings is 1. The molecule has 7 nitrogen and oxygen atoms in total. The Morgan fingerprint density at radius 2 is 1.83 bits per heavy atom. The van der Waals surface area contributed by atoms with E-state index in [0.29, 0.717) is 24.2 Å². The topological polar surface area (TPSA) is 97.6 Å². The van der Waals surface area contributed by atoms with E-state index in [1.165, 1.54) is 31.4 Å². The van der Waals surface area contributed by atoms with Crippen LogP contribution in [0.2, 0.25) is 0 Å². The van der Waals surface area contributed by atoms with Gasteiger partial charge in [-0.05, 0) is 36.4 Å². The first kappa shape index (κ1) is 16.3. The molecule has 1 aromatic carbocycles. The van der Waals surface area contributed by atoms with E-state index in [-0.39, 0.29) is 0 Å². The monoisotopic (exact) mass is 316 g/mol. The Labute approximate surface area is 132 Å². The Morgan fingerprint density at radius 3 is 2.43 bits per heavy atom. The molecule has 0 fully saturated rings. The number of hydrogen-bond acceptors (Lipinski definition) is 5. The van der Waals surface area contributed by atoms with Crippen LogP contribution in [0.1, 0.15) is 16.1 Å². The van der Waals surface area contributed by atoms with Crippen LogP contribution in [-0.2, 0) is 20.7 Å². The number of ether oxygens (including phenoxy) is 1. The van der Waals surface area contributed by atoms with Crippen LogP contribution in [-0.4, -0.2) is 31.4 Å². The zero-order valence-electron chi connectivity index (χ0n) is 12.5. The molecule has 1 heterocycles. The summed E-state index contributed by atoms with van der Waals surface area (Å²) < 4.78 is 9.69. The van der Waals surface area contributed by atoms with Crippen LogP contribution in [0, 0.1) is 0 Å². The van der Waals surface area contributed by atoms with E-state index in [1.807, 2.05) is 0 Å². The molecule has 0 spiro atoms. The molecule has 0 unspecified atom stereocenters. The second-order valence-corrected chi connectivity index (χ2v) is 4.61. The number of carbonyl (C=O) groups excluding carboxylic acids is 3. The first-order chi connectivity index (χ1) is 11.1. The van der Waals surface area contributed by atoms with Gasteiger partial charge in [0.1, 0.15) is 5.76 Å². The standard InChI is InChI=1S/C16H16N2O5/c1-22-16(21)11-4-6-12(7-5-11)18-15(20)14(19)17-9-8-13-3-2-10-23-13/h2-7,10H,8-9H2,1H3,(H,17,19)(H,18,20). The highest BCUT2D eigenvalue weighted by Crippen LogP contribution is 2.10. The number of hydrogen-bond donors (Lipinski definition) is 2. The summed E-state index contributed by atoms with van der Waals surface area (Å²) >= 11 is 0. The fourth-order valence-corrected chi connectivity index (χ4v) is 1.83. The first-order valence-electron chi connectivity index (χ1n) is 6.90. The molecule has 0 aliphatic carbocycles. The van der Waals surface area contributed by atoms with Gasteiger partial charge in [-0.15, -0.1) is 0 Å². The molecule has 23 heavy (non-hydrogen) atoms. The fourth-order valence-electron chi connectivity index (χ4n) is 1.83. The number of amides is 2. The summed E-state index contributed by atoms with van der Waals surface area (Å²) in [5.74, 6) is -1.27. The number of esters is 1. The van der Waals surface area contributed by atoms with Gasteiger partial charge in [0.2, 0.25) is 0 Å². The van der Waals surface area contributed by atoms with Crippen LogP contribution in [0.3, 0.4) is 0 Å². The molecule has 0 radical (unpaired) electrons. The lowest BCUT2D eigenvalue weighted by molar-refractivity contribution is -0.136. The van der Waals surface area contributed by atoms with Gasteiger partial charge in [-0.2, -0.15) is 0 Å². The summed E-state index contributed by atoms with van der Waals surface area (Å²) in [4.78, 5) is 34.7. The number of methoxy groups -OCH3 is 1. The van der Waals surface area contributed by atoms with Crippen LogP contribution in [0.15, 0.2) is 47.1 Å². The van der Waals surface area contributed by atoms with Crippen molar-refractivity contribution in [1.82, 2.24) is 5.32 Å². The predicted octanol–water partition coefficient (Wildman–Crippen LogP) is 1.36. The second kappa shape index (κ2) is 7.79. The number of rotatable bonds is 5. The van der Waals surface area contributed by atoms with Crippen molar-refractivity contribution in [2.45, 2.75) is 6.42 Å². The maximum absolute atomic E-state index is 11.7. The molecule has 2 amide bonds. The van der Waals surface area contributed by atoms with E-state index in [2.05, 4.69) is 15.4 Å². The smallest absolute Gasteiger partial charge is 0.337 e. The van der Waals surface area contributed by atoms with Crippen molar-refractivity contribution in [2.75, 3.05) is 19.0 Å². The normalized spacial score (nSPS) is 9.96. The third kappa shape index (κ3) is 4.70. The summed E-state index contributed by atoms with van der Waals surface area (Å²) in [6, 6.07) is 9.56. The second-order valence-electron chi connectivity index (χ2n) is 4.61. The molecule has 2 aromatic rings. The minimum atomic E-state index is -0.782. The van der Waals surface area contributed by atoms with E-state index in [9.17, 15) is 14.4 Å². The van der Waals surface area contributed by atoms with Crippen LogP contribution < -0.4 is 10.6 Å². The Morgan fingerprint density at radius 1 is 1.09 bits per heavy atom. The Bertz CT molecular complexity index is 677. The van der Waals surface area contributed by atoms with Crippen molar-refractivity contribution in [2.24, 2.45) is 0 Å². The van der Waals surface area contributed by atoms with Crippen LogP contribution >= 0.6 is 0 Å². The maximum Gasteiger partial charge on any atom is 0.337 e. The minimum absolute atomic E-state index is 0.293. The molecule has 120 valence electrons. The van der Waals surface area contributed by atoms with E-state index in [0.717, 1.165) is 5.76 Å². The van der Waals surface area contributed by atoms with Gasteiger partial charge in [0.05, 0.1) is 18.9 Å². The zero-order chi connectivity index (χ0) is 16.7. The molecule has 2 rings (SSSR count). The SMILES string of the molecule is COC(=O)c1ccc(NC(=O)C(=O)NCCc2ccco2)cc1. The Balaban J connectivity index is 1.81. The van der Waals surface area contributed by atoms with Crippen molar-refractivity contribution < 1.29 is 23.5 Å². The van der Waals surface area contributed by atoms with Crippen molar-refractivity contribution >= 4 is 23.5 Å². The van der Waals surface area contributed by atoms with E-state index in [1.54, 1.807) is 18.4 Å². The highest BCUT2D eigenvalue weighted by atomic mass is 16.5. The van der Waals surface area contributed by atoms with Gasteiger partial charge in [0.15, 0.2) is 0 Å². The number of benzene rings is 1. The molecular formula is C16H16N2O5. The van der Waals surface area contributed by atoms with Crippen LogP contribution in [0.5, 0.6) is 0 Å². The molecule has 1 aromatic heterocycles. The molecule has 0 aliphatic heterocycles. The molecule has 0 bridgehead atoms. The molecule has 0 saturated carbocycles. The molecule has 7 heteroatoms. The van der Waals surface area contributed by atoms with Gasteiger partial charge in [0, 0.05) is 18.7 Å². The van der Waals surface area contributed by atoms with E-state index in [4.69, 9.17) is 4.42 Å². The predicted molar refractivity (Wildman–Crippen MR) is 81.8 cm³/mol. The number of nitrogens with one attached hydrogen (secondary N) is 2. The summed E-state index contributed by atoms with van der Waals surface area (Å²) in [5, 5.41) is 4.94. The minimum Gasteiger partial charge on any atom is -0.469 e. The van der Waals surface area contributed by atoms with Crippen molar-refractivity contribution in [3.63, 3.8) is 0 Å². The van der Waals surface area contributed by atoms with Crippen molar-refractivity contribution in [3.05, 3.63) is 54.0 Å². The van der Waals surface area contributed by atoms with Gasteiger partial charge in [-0.25, -0.2) is 4.79 Å². The van der Waals surface area contributed by atoms with Gasteiger partial charge in [-0.3, -0.25) is 9.59 Å². The summed E-state index contributed by atoms with van der Waals surface area (Å²) in [7, 11) is 1.28. The largest absolute Gasteiger partial charge is 0.469 e. The van der Waals surface area contributed by atoms with Crippen molar-refractivity contribution in [3.8, 4) is 0 Å². The third-order valence-corrected chi connectivity index (χ3v) is 3.01. The lowest BCUT2D eigenvalue weighted by Gasteiger charge is -2.06. The Hall–Kier alpha value is -3.09. The first-order valence-corrected chi connectivity index (χ1v) is 6.90. The number of anilines is 1. The molecule has 0 atom stereocenters. The van der Waals surface area contributed by atoms with Gasteiger partial charge < -0.3 is 19.8 Å². The third-order valence-electron chi connectivity index (χ3n) is 3.01. The van der Waals surface area contributed by atoms with Crippen LogP contribution in [0.25, 0.3) is 0 Å². The van der Waals surface area contributed by atoms with Crippen LogP contribution in [0.4, 0.5) is 5.69 Å². The average molecular weight is 316 g/mol. The molecule has 0 saturated heterocycles. The highest BCUT2D eigenvalue weighted by molar-refractivity contribution is 6.39. The summed E-state index contributed by atoms with van der Waals surface area (Å²) in [6.07, 6.45) is 2.04. The summed E-state index contributed by atoms with van der Waals surface area (Å²) in [5.41, 5.74) is 0.761. The fraction of sp³-hybridized carbons (Fsp3) is 0.188. The molecule has 2 N–H and O–H groups in total. The highest BCUT2D eigenvalue weighted by Gasteiger charge is 2.13. The molecule has 0 aliphatic rings. The quantitative estimate of drug-likeness (QED) is 0.641.